The molecule has 0 radical (unpaired) electrons. The van der Waals surface area contributed by atoms with Gasteiger partial charge in [0.2, 0.25) is 0 Å². The zero-order valence-corrected chi connectivity index (χ0v) is 13.2. The van der Waals surface area contributed by atoms with Gasteiger partial charge in [-0.1, -0.05) is 24.3 Å². The maximum Gasteiger partial charge on any atom is 0.323 e. The second-order valence-electron chi connectivity index (χ2n) is 5.71. The van der Waals surface area contributed by atoms with Crippen LogP contribution in [0, 0.1) is 6.92 Å². The first-order valence-corrected chi connectivity index (χ1v) is 7.71. The van der Waals surface area contributed by atoms with Crippen LogP contribution in [0.2, 0.25) is 0 Å². The lowest BCUT2D eigenvalue weighted by Crippen LogP contribution is -2.15. The number of carbonyl (C=O) groups is 1. The number of aromatic nitrogens is 2. The molecule has 6 heteroatoms. The van der Waals surface area contributed by atoms with E-state index >= 15 is 0 Å². The zero-order chi connectivity index (χ0) is 16.7. The van der Waals surface area contributed by atoms with Crippen LogP contribution in [0.25, 0.3) is 22.4 Å². The molecule has 3 aromatic rings. The molecule has 4 rings (SSSR count). The van der Waals surface area contributed by atoms with Gasteiger partial charge in [0.25, 0.3) is 0 Å². The van der Waals surface area contributed by atoms with Gasteiger partial charge in [-0.25, -0.2) is 4.98 Å². The van der Waals surface area contributed by atoms with Crippen LogP contribution in [0.3, 0.4) is 0 Å². The van der Waals surface area contributed by atoms with Gasteiger partial charge in [0, 0.05) is 17.7 Å². The van der Waals surface area contributed by atoms with Gasteiger partial charge in [0.15, 0.2) is 11.5 Å². The van der Waals surface area contributed by atoms with Crippen LogP contribution in [0.4, 0.5) is 0 Å². The van der Waals surface area contributed by atoms with Gasteiger partial charge in [-0.15, -0.1) is 0 Å². The minimum absolute atomic E-state index is 0.167. The Balaban J connectivity index is 1.98. The maximum absolute atomic E-state index is 11.4. The van der Waals surface area contributed by atoms with Crippen LogP contribution in [0.5, 0.6) is 11.5 Å². The summed E-state index contributed by atoms with van der Waals surface area (Å²) in [6.07, 6.45) is 0. The summed E-state index contributed by atoms with van der Waals surface area (Å²) in [7, 11) is 0. The molecule has 1 aliphatic heterocycles. The van der Waals surface area contributed by atoms with Crippen LogP contribution >= 0.6 is 0 Å². The summed E-state index contributed by atoms with van der Waals surface area (Å²) in [6.45, 7) is 2.80. The third kappa shape index (κ3) is 2.36. The number of rotatable bonds is 3. The first-order chi connectivity index (χ1) is 11.6. The molecule has 1 aromatic heterocycles. The lowest BCUT2D eigenvalue weighted by atomic mass is 10.1. The van der Waals surface area contributed by atoms with Gasteiger partial charge < -0.3 is 19.1 Å². The van der Waals surface area contributed by atoms with Crippen molar-refractivity contribution in [2.45, 2.75) is 13.5 Å². The summed E-state index contributed by atoms with van der Waals surface area (Å²) >= 11 is 0. The van der Waals surface area contributed by atoms with Crippen molar-refractivity contribution in [2.24, 2.45) is 0 Å². The number of nitrogens with zero attached hydrogens (tertiary/aromatic N) is 2. The standard InChI is InChI=1S/C18H16N2O4/c1-11-4-2-3-5-12(11)18-19-13-8-15-16(24-7-6-23-15)9-14(13)20(18)10-17(21)22/h2-5,8-9H,6-7,10H2,1H3,(H,21,22). The second-order valence-corrected chi connectivity index (χ2v) is 5.71. The average Bonchev–Trinajstić information content (AvgIpc) is 2.90. The SMILES string of the molecule is Cc1ccccc1-c1nc2cc3c(cc2n1CC(=O)O)OCCO3. The quantitative estimate of drug-likeness (QED) is 0.802. The fourth-order valence-corrected chi connectivity index (χ4v) is 2.99. The molecule has 0 bridgehead atoms. The van der Waals surface area contributed by atoms with Gasteiger partial charge in [-0.05, 0) is 12.5 Å². The van der Waals surface area contributed by atoms with Crippen molar-refractivity contribution in [1.29, 1.82) is 0 Å². The third-order valence-corrected chi connectivity index (χ3v) is 4.09. The molecule has 6 nitrogen and oxygen atoms in total. The van der Waals surface area contributed by atoms with E-state index in [-0.39, 0.29) is 6.54 Å². The summed E-state index contributed by atoms with van der Waals surface area (Å²) in [5.41, 5.74) is 3.37. The molecule has 24 heavy (non-hydrogen) atoms. The Labute approximate surface area is 138 Å². The number of hydrogen-bond donors (Lipinski definition) is 1. The summed E-state index contributed by atoms with van der Waals surface area (Å²) in [5, 5.41) is 9.32. The van der Waals surface area contributed by atoms with Gasteiger partial charge in [-0.2, -0.15) is 0 Å². The number of imidazole rings is 1. The molecule has 0 aliphatic carbocycles. The molecular weight excluding hydrogens is 308 g/mol. The van der Waals surface area contributed by atoms with E-state index in [0.29, 0.717) is 36.1 Å². The monoisotopic (exact) mass is 324 g/mol. The normalized spacial score (nSPS) is 13.2. The van der Waals surface area contributed by atoms with Crippen molar-refractivity contribution in [2.75, 3.05) is 13.2 Å². The summed E-state index contributed by atoms with van der Waals surface area (Å²) < 4.78 is 12.9. The Morgan fingerprint density at radius 2 is 1.92 bits per heavy atom. The van der Waals surface area contributed by atoms with Crippen LogP contribution in [-0.2, 0) is 11.3 Å². The van der Waals surface area contributed by atoms with Crippen molar-refractivity contribution in [3.63, 3.8) is 0 Å². The smallest absolute Gasteiger partial charge is 0.323 e. The molecule has 2 heterocycles. The fraction of sp³-hybridized carbons (Fsp3) is 0.222. The molecule has 0 saturated carbocycles. The topological polar surface area (TPSA) is 73.6 Å². The van der Waals surface area contributed by atoms with Crippen molar-refractivity contribution in [1.82, 2.24) is 9.55 Å². The first-order valence-electron chi connectivity index (χ1n) is 7.71. The lowest BCUT2D eigenvalue weighted by molar-refractivity contribution is -0.137. The van der Waals surface area contributed by atoms with Crippen molar-refractivity contribution >= 4 is 17.0 Å². The number of aliphatic carboxylic acids is 1. The Morgan fingerprint density at radius 3 is 2.62 bits per heavy atom. The Hall–Kier alpha value is -3.02. The van der Waals surface area contributed by atoms with E-state index in [4.69, 9.17) is 9.47 Å². The van der Waals surface area contributed by atoms with E-state index in [1.165, 1.54) is 0 Å². The van der Waals surface area contributed by atoms with Gasteiger partial charge in [0.1, 0.15) is 25.6 Å². The average molecular weight is 324 g/mol. The van der Waals surface area contributed by atoms with Crippen molar-refractivity contribution < 1.29 is 19.4 Å². The minimum atomic E-state index is -0.918. The highest BCUT2D eigenvalue weighted by Gasteiger charge is 2.20. The first kappa shape index (κ1) is 14.6. The Bertz CT molecular complexity index is 946. The number of fused-ring (bicyclic) bond motifs is 2. The summed E-state index contributed by atoms with van der Waals surface area (Å²) in [4.78, 5) is 16.0. The second kappa shape index (κ2) is 5.56. The fourth-order valence-electron chi connectivity index (χ4n) is 2.99. The molecule has 0 amide bonds. The van der Waals surface area contributed by atoms with Crippen LogP contribution in [0.15, 0.2) is 36.4 Å². The molecule has 0 spiro atoms. The van der Waals surface area contributed by atoms with E-state index in [1.807, 2.05) is 43.3 Å². The molecule has 0 unspecified atom stereocenters. The molecule has 0 saturated heterocycles. The van der Waals surface area contributed by atoms with E-state index in [2.05, 4.69) is 4.98 Å². The minimum Gasteiger partial charge on any atom is -0.486 e. The van der Waals surface area contributed by atoms with Gasteiger partial charge in [0.05, 0.1) is 11.0 Å². The van der Waals surface area contributed by atoms with Crippen LogP contribution in [0.1, 0.15) is 5.56 Å². The number of benzene rings is 2. The highest BCUT2D eigenvalue weighted by Crippen LogP contribution is 2.36. The van der Waals surface area contributed by atoms with Crippen molar-refractivity contribution in [3.8, 4) is 22.9 Å². The molecule has 2 aromatic carbocycles. The maximum atomic E-state index is 11.4. The molecule has 0 fully saturated rings. The highest BCUT2D eigenvalue weighted by atomic mass is 16.6. The molecule has 1 N–H and O–H groups in total. The zero-order valence-electron chi connectivity index (χ0n) is 13.2. The van der Waals surface area contributed by atoms with Crippen LogP contribution in [-0.4, -0.2) is 33.8 Å². The lowest BCUT2D eigenvalue weighted by Gasteiger charge is -2.18. The summed E-state index contributed by atoms with van der Waals surface area (Å²) in [5.74, 6) is 0.980. The predicted octanol–water partition coefficient (Wildman–Crippen LogP) is 2.87. The van der Waals surface area contributed by atoms with E-state index < -0.39 is 5.97 Å². The summed E-state index contributed by atoms with van der Waals surface area (Å²) in [6, 6.07) is 11.4. The van der Waals surface area contributed by atoms with Crippen LogP contribution < -0.4 is 9.47 Å². The largest absolute Gasteiger partial charge is 0.486 e. The molecule has 0 atom stereocenters. The predicted molar refractivity (Wildman–Crippen MR) is 88.5 cm³/mol. The number of carboxylic acid groups (broad SMARTS) is 1. The number of aryl methyl sites for hydroxylation is 1. The van der Waals surface area contributed by atoms with E-state index in [9.17, 15) is 9.90 Å². The van der Waals surface area contributed by atoms with Gasteiger partial charge >= 0.3 is 5.97 Å². The number of ether oxygens (including phenoxy) is 2. The Kier molecular flexibility index (Phi) is 3.37. The highest BCUT2D eigenvalue weighted by molar-refractivity contribution is 5.86. The molecule has 122 valence electrons. The molecule has 1 aliphatic rings. The number of carboxylic acids is 1. The van der Waals surface area contributed by atoms with E-state index in [0.717, 1.165) is 16.6 Å². The van der Waals surface area contributed by atoms with E-state index in [1.54, 1.807) is 4.57 Å². The van der Waals surface area contributed by atoms with Gasteiger partial charge in [-0.3, -0.25) is 4.79 Å². The third-order valence-electron chi connectivity index (χ3n) is 4.09. The number of hydrogen-bond acceptors (Lipinski definition) is 4. The van der Waals surface area contributed by atoms with Crippen molar-refractivity contribution in [3.05, 3.63) is 42.0 Å². The Morgan fingerprint density at radius 1 is 1.21 bits per heavy atom. The molecular formula is C18H16N2O4.